The number of allylic oxidation sites excluding steroid dienone is 1. The summed E-state index contributed by atoms with van der Waals surface area (Å²) in [6.45, 7) is 1.58. The van der Waals surface area contributed by atoms with E-state index >= 15 is 0 Å². The second-order valence-electron chi connectivity index (χ2n) is 15.1. The molecule has 10 atom stereocenters. The molecule has 12 heteroatoms. The zero-order valence-corrected chi connectivity index (χ0v) is 28.8. The Balaban J connectivity index is 1.27. The molecule has 2 aliphatic heterocycles. The third kappa shape index (κ3) is 5.67. The van der Waals surface area contributed by atoms with Crippen molar-refractivity contribution in [3.8, 4) is 0 Å². The molecule has 1 spiro atoms. The first-order valence-corrected chi connectivity index (χ1v) is 18.3. The van der Waals surface area contributed by atoms with Gasteiger partial charge in [-0.05, 0) is 67.6 Å². The minimum absolute atomic E-state index is 0.0707. The number of carbonyl (C=O) groups excluding carboxylic acids is 1. The predicted molar refractivity (Wildman–Crippen MR) is 178 cm³/mol. The molecule has 4 bridgehead atoms. The van der Waals surface area contributed by atoms with Crippen molar-refractivity contribution in [1.82, 2.24) is 4.98 Å². The fourth-order valence-electron chi connectivity index (χ4n) is 9.82. The van der Waals surface area contributed by atoms with Crippen molar-refractivity contribution < 1.29 is 54.1 Å². The number of carboxylic acids is 1. The lowest BCUT2D eigenvalue weighted by atomic mass is 9.63. The molecule has 0 radical (unpaired) electrons. The van der Waals surface area contributed by atoms with E-state index in [-0.39, 0.29) is 36.9 Å². The Bertz CT molecular complexity index is 1660. The normalized spacial score (nSPS) is 36.9. The molecular weight excluding hydrogens is 646 g/mol. The Morgan fingerprint density at radius 1 is 1.18 bits per heavy atom. The monoisotopic (exact) mass is 696 g/mol. The number of esters is 1. The number of carbonyl (C=O) groups is 2. The molecule has 0 unspecified atom stereocenters. The van der Waals surface area contributed by atoms with E-state index in [0.29, 0.717) is 54.7 Å². The second-order valence-corrected chi connectivity index (χ2v) is 15.1. The van der Waals surface area contributed by atoms with Crippen molar-refractivity contribution in [3.63, 3.8) is 0 Å². The quantitative estimate of drug-likeness (QED) is 0.166. The molecule has 274 valence electrons. The predicted octanol–water partition coefficient (Wildman–Crippen LogP) is 1.51. The molecule has 50 heavy (non-hydrogen) atoms. The Morgan fingerprint density at radius 2 is 1.96 bits per heavy atom. The standard InChI is InChI=1S/C38H50NO11/c1-20(21-8-3-4-9-21)28-17-26-27-13-14-37(46)35(45)38(27,50-29(12-7-15-40)32(26)39-28)30(19-41)48-36(37)49-33-22-10-5-6-11-23(33)24(18-31(42)43)25(16-22)34(44)47-2/h6,11,16-17,20-24,30,33,35-36,40-41,45-46H,3-5,7-10,12-15,18-19H2,1-2H3,(H,42,43)/q-1/t20-,22+,23-,24+,30-,33-,35-,36+,37-,38-/m1/s1. The molecule has 3 heterocycles. The zero-order valence-electron chi connectivity index (χ0n) is 28.8. The summed E-state index contributed by atoms with van der Waals surface area (Å²) < 4.78 is 24.9. The van der Waals surface area contributed by atoms with Gasteiger partial charge in [-0.1, -0.05) is 49.4 Å². The summed E-state index contributed by atoms with van der Waals surface area (Å²) in [4.78, 5) is 29.9. The van der Waals surface area contributed by atoms with Gasteiger partial charge < -0.3 is 49.5 Å². The Morgan fingerprint density at radius 3 is 2.66 bits per heavy atom. The maximum Gasteiger partial charge on any atom is 0.333 e. The zero-order chi connectivity index (χ0) is 35.4. The van der Waals surface area contributed by atoms with Crippen LogP contribution in [0.1, 0.15) is 89.2 Å². The van der Waals surface area contributed by atoms with Gasteiger partial charge in [0.1, 0.15) is 17.8 Å². The molecule has 3 fully saturated rings. The van der Waals surface area contributed by atoms with Crippen LogP contribution in [0.3, 0.4) is 0 Å². The molecule has 1 saturated heterocycles. The maximum absolute atomic E-state index is 12.8. The van der Waals surface area contributed by atoms with Crippen molar-refractivity contribution in [2.45, 2.75) is 119 Å². The lowest BCUT2D eigenvalue weighted by Gasteiger charge is -2.61. The smallest absolute Gasteiger partial charge is 0.333 e. The molecule has 2 saturated carbocycles. The van der Waals surface area contributed by atoms with Gasteiger partial charge in [0.2, 0.25) is 0 Å². The summed E-state index contributed by atoms with van der Waals surface area (Å²) in [6.07, 6.45) is 7.52. The average molecular weight is 697 g/mol. The summed E-state index contributed by atoms with van der Waals surface area (Å²) >= 11 is 0. The second kappa shape index (κ2) is 13.9. The number of aromatic nitrogens is 1. The van der Waals surface area contributed by atoms with Crippen LogP contribution in [0.25, 0.3) is 11.3 Å². The lowest BCUT2D eigenvalue weighted by molar-refractivity contribution is -0.375. The number of hydrogen-bond donors (Lipinski definition) is 5. The number of ether oxygens (including phenoxy) is 4. The number of rotatable bonds is 11. The number of methoxy groups -OCH3 is 1. The van der Waals surface area contributed by atoms with Crippen LogP contribution in [-0.2, 0) is 28.5 Å². The highest BCUT2D eigenvalue weighted by Gasteiger charge is 2.70. The third-order valence-electron chi connectivity index (χ3n) is 12.5. The van der Waals surface area contributed by atoms with Crippen LogP contribution in [0, 0.1) is 23.7 Å². The van der Waals surface area contributed by atoms with Gasteiger partial charge in [-0.2, -0.15) is 5.69 Å². The lowest BCUT2D eigenvalue weighted by Crippen LogP contribution is -2.78. The van der Waals surface area contributed by atoms with E-state index in [1.807, 2.05) is 12.2 Å². The van der Waals surface area contributed by atoms with Gasteiger partial charge in [-0.3, -0.25) is 4.79 Å². The van der Waals surface area contributed by atoms with Crippen molar-refractivity contribution in [2.75, 3.05) is 20.3 Å². The molecule has 4 aliphatic carbocycles. The Hall–Kier alpha value is -3.00. The van der Waals surface area contributed by atoms with Crippen LogP contribution in [0.4, 0.5) is 0 Å². The molecular formula is C38H50NO11-. The van der Waals surface area contributed by atoms with Crippen LogP contribution in [-0.4, -0.2) is 93.6 Å². The highest BCUT2D eigenvalue weighted by Crippen LogP contribution is 2.54. The van der Waals surface area contributed by atoms with Gasteiger partial charge in [0.25, 0.3) is 0 Å². The van der Waals surface area contributed by atoms with Crippen molar-refractivity contribution in [2.24, 2.45) is 23.7 Å². The van der Waals surface area contributed by atoms with E-state index in [2.05, 4.69) is 13.0 Å². The van der Waals surface area contributed by atoms with Crippen molar-refractivity contribution in [1.29, 1.82) is 0 Å². The molecule has 1 aromatic heterocycles. The minimum atomic E-state index is -1.96. The van der Waals surface area contributed by atoms with Crippen LogP contribution >= 0.6 is 0 Å². The topological polar surface area (TPSA) is 186 Å². The molecule has 12 nitrogen and oxygen atoms in total. The fraction of sp³-hybridized carbons (Fsp3) is 0.684. The number of fused-ring (bicyclic) bond motifs is 4. The van der Waals surface area contributed by atoms with E-state index < -0.39 is 66.2 Å². The van der Waals surface area contributed by atoms with E-state index in [1.54, 1.807) is 6.08 Å². The van der Waals surface area contributed by atoms with Crippen LogP contribution in [0.5, 0.6) is 0 Å². The minimum Gasteiger partial charge on any atom is -0.658 e. The molecule has 5 N–H and O–H groups in total. The molecule has 1 aromatic rings. The Labute approximate surface area is 291 Å². The fourth-order valence-corrected chi connectivity index (χ4v) is 9.82. The van der Waals surface area contributed by atoms with Crippen molar-refractivity contribution >= 4 is 23.3 Å². The van der Waals surface area contributed by atoms with Crippen molar-refractivity contribution in [3.05, 3.63) is 46.1 Å². The average Bonchev–Trinajstić information content (AvgIpc) is 3.78. The number of nitrogens with zero attached hydrogens (tertiary/aromatic N) is 1. The molecule has 0 amide bonds. The SMILES string of the molecule is COC(=O)C1=C[C@@H]2CCC=C[C@@H]([C@@H]2O[C@@H]2O[C@H](CO)[C@]34OC(CCCO)=c5[n-]c([C@H](C)C6CCCC6)cc5=C3CC[C@@]2(O)[C@H]4O)[C@@H]1CC(=O)O. The van der Waals surface area contributed by atoms with Crippen LogP contribution in [0.15, 0.2) is 29.9 Å². The van der Waals surface area contributed by atoms with E-state index in [9.17, 15) is 35.1 Å². The van der Waals surface area contributed by atoms with E-state index in [4.69, 9.17) is 23.9 Å². The summed E-state index contributed by atoms with van der Waals surface area (Å²) in [5.74, 6) is -2.08. The number of aliphatic hydroxyl groups excluding tert-OH is 3. The first-order chi connectivity index (χ1) is 24.1. The summed E-state index contributed by atoms with van der Waals surface area (Å²) in [6, 6.07) is 2.08. The first-order valence-electron chi connectivity index (χ1n) is 18.3. The van der Waals surface area contributed by atoms with Gasteiger partial charge in [0.15, 0.2) is 11.9 Å². The summed E-state index contributed by atoms with van der Waals surface area (Å²) in [5.41, 5.74) is -1.64. The molecule has 6 aliphatic rings. The van der Waals surface area contributed by atoms with E-state index in [0.717, 1.165) is 23.8 Å². The highest BCUT2D eigenvalue weighted by molar-refractivity contribution is 5.90. The maximum atomic E-state index is 12.8. The van der Waals surface area contributed by atoms with Gasteiger partial charge in [-0.25, -0.2) is 4.79 Å². The molecule has 0 aromatic carbocycles. The van der Waals surface area contributed by atoms with Gasteiger partial charge >= 0.3 is 11.9 Å². The van der Waals surface area contributed by atoms with Gasteiger partial charge in [0, 0.05) is 36.4 Å². The molecule has 7 rings (SSSR count). The third-order valence-corrected chi connectivity index (χ3v) is 12.5. The van der Waals surface area contributed by atoms with Gasteiger partial charge in [-0.15, -0.1) is 0 Å². The first kappa shape index (κ1) is 35.4. The van der Waals surface area contributed by atoms with Crippen LogP contribution in [0.2, 0.25) is 0 Å². The highest BCUT2D eigenvalue weighted by atomic mass is 16.7. The summed E-state index contributed by atoms with van der Waals surface area (Å²) in [5, 5.41) is 56.8. The number of aliphatic hydroxyl groups is 4. The van der Waals surface area contributed by atoms with E-state index in [1.165, 1.54) is 20.0 Å². The summed E-state index contributed by atoms with van der Waals surface area (Å²) in [7, 11) is 1.26. The number of carboxylic acid groups (broad SMARTS) is 1. The largest absolute Gasteiger partial charge is 0.658 e. The Kier molecular flexibility index (Phi) is 9.81. The number of aliphatic carboxylic acids is 1. The van der Waals surface area contributed by atoms with Gasteiger partial charge in [0.05, 0.1) is 32.0 Å². The number of hydrogen-bond acceptors (Lipinski definition) is 10. The van der Waals surface area contributed by atoms with Crippen LogP contribution < -0.4 is 15.6 Å².